The number of carbonyl (C=O) groups excluding carboxylic acids is 1. The van der Waals surface area contributed by atoms with Crippen LogP contribution in [0.25, 0.3) is 0 Å². The van der Waals surface area contributed by atoms with E-state index in [1.165, 1.54) is 32.5 Å². The summed E-state index contributed by atoms with van der Waals surface area (Å²) in [6.07, 6.45) is 4.71. The lowest BCUT2D eigenvalue weighted by Gasteiger charge is -2.33. The minimum Gasteiger partial charge on any atom is -0.378 e. The molecule has 3 saturated heterocycles. The molecular weight excluding hydrogens is 364 g/mol. The lowest BCUT2D eigenvalue weighted by molar-refractivity contribution is -0.884. The lowest BCUT2D eigenvalue weighted by atomic mass is 10.2. The van der Waals surface area contributed by atoms with Crippen molar-refractivity contribution in [2.75, 3.05) is 58.2 Å². The van der Waals surface area contributed by atoms with Crippen molar-refractivity contribution < 1.29 is 14.4 Å². The van der Waals surface area contributed by atoms with Gasteiger partial charge in [-0.25, -0.2) is 4.79 Å². The summed E-state index contributed by atoms with van der Waals surface area (Å²) in [5, 5.41) is 9.87. The SMILES string of the molecule is Cn1c(SCC[NH+]2CCCC2)nnc1[C@H]1CCCN1C(=O)N1CCOCC1. The van der Waals surface area contributed by atoms with E-state index < -0.39 is 0 Å². The summed E-state index contributed by atoms with van der Waals surface area (Å²) in [5.41, 5.74) is 0. The van der Waals surface area contributed by atoms with Gasteiger partial charge in [0.2, 0.25) is 0 Å². The summed E-state index contributed by atoms with van der Waals surface area (Å²) >= 11 is 1.79. The largest absolute Gasteiger partial charge is 0.378 e. The fourth-order valence-corrected chi connectivity index (χ4v) is 5.31. The number of hydrogen-bond acceptors (Lipinski definition) is 5. The Bertz CT molecular complexity index is 642. The Morgan fingerprint density at radius 3 is 2.74 bits per heavy atom. The van der Waals surface area contributed by atoms with Crippen molar-refractivity contribution in [3.8, 4) is 0 Å². The molecule has 1 N–H and O–H groups in total. The highest BCUT2D eigenvalue weighted by atomic mass is 32.2. The van der Waals surface area contributed by atoms with E-state index >= 15 is 0 Å². The molecule has 3 aliphatic heterocycles. The molecule has 4 heterocycles. The Morgan fingerprint density at radius 1 is 1.19 bits per heavy atom. The summed E-state index contributed by atoms with van der Waals surface area (Å²) in [6, 6.07) is 0.159. The third-order valence-electron chi connectivity index (χ3n) is 5.94. The van der Waals surface area contributed by atoms with Crippen molar-refractivity contribution in [2.24, 2.45) is 7.05 Å². The number of amides is 2. The van der Waals surface area contributed by atoms with Crippen molar-refractivity contribution in [3.05, 3.63) is 5.82 Å². The third-order valence-corrected chi connectivity index (χ3v) is 6.97. The first kappa shape index (κ1) is 19.0. The third kappa shape index (κ3) is 4.25. The monoisotopic (exact) mass is 395 g/mol. The number of aromatic nitrogens is 3. The Labute approximate surface area is 165 Å². The zero-order chi connectivity index (χ0) is 18.6. The molecule has 0 bridgehead atoms. The summed E-state index contributed by atoms with van der Waals surface area (Å²) < 4.78 is 7.47. The quantitative estimate of drug-likeness (QED) is 0.720. The van der Waals surface area contributed by atoms with Crippen LogP contribution in [0, 0.1) is 0 Å². The van der Waals surface area contributed by atoms with Crippen molar-refractivity contribution in [1.82, 2.24) is 24.6 Å². The highest BCUT2D eigenvalue weighted by Gasteiger charge is 2.36. The molecule has 2 amide bonds. The van der Waals surface area contributed by atoms with E-state index in [1.807, 2.05) is 16.8 Å². The van der Waals surface area contributed by atoms with Crippen LogP contribution < -0.4 is 4.90 Å². The van der Waals surface area contributed by atoms with Crippen molar-refractivity contribution >= 4 is 17.8 Å². The molecule has 9 heteroatoms. The molecule has 0 spiro atoms. The molecular formula is C18H31N6O2S+. The standard InChI is InChI=1S/C18H30N6O2S/c1-21-16(19-20-17(21)27-14-11-22-6-2-3-7-22)15-5-4-8-24(15)18(25)23-9-12-26-13-10-23/h15H,2-14H2,1H3/p+1/t15-/m1/s1. The minimum atomic E-state index is 0.0383. The summed E-state index contributed by atoms with van der Waals surface area (Å²) in [7, 11) is 2.04. The number of carbonyl (C=O) groups is 1. The predicted octanol–water partition coefficient (Wildman–Crippen LogP) is 0.175. The average molecular weight is 396 g/mol. The zero-order valence-electron chi connectivity index (χ0n) is 16.2. The Kier molecular flexibility index (Phi) is 6.19. The number of urea groups is 1. The molecule has 0 aromatic carbocycles. The zero-order valence-corrected chi connectivity index (χ0v) is 17.0. The number of hydrogen-bond donors (Lipinski definition) is 1. The van der Waals surface area contributed by atoms with Crippen LogP contribution in [0.3, 0.4) is 0 Å². The number of nitrogens with one attached hydrogen (secondary N) is 1. The Balaban J connectivity index is 1.38. The van der Waals surface area contributed by atoms with E-state index in [0.717, 1.165) is 36.1 Å². The fraction of sp³-hybridized carbons (Fsp3) is 0.833. The second kappa shape index (κ2) is 8.79. The van der Waals surface area contributed by atoms with Crippen molar-refractivity contribution in [3.63, 3.8) is 0 Å². The summed E-state index contributed by atoms with van der Waals surface area (Å²) in [4.78, 5) is 18.6. The van der Waals surface area contributed by atoms with Crippen LogP contribution in [-0.2, 0) is 11.8 Å². The molecule has 27 heavy (non-hydrogen) atoms. The van der Waals surface area contributed by atoms with Gasteiger partial charge in [0.1, 0.15) is 0 Å². The summed E-state index contributed by atoms with van der Waals surface area (Å²) in [5.74, 6) is 1.99. The Morgan fingerprint density at radius 2 is 1.96 bits per heavy atom. The van der Waals surface area contributed by atoms with Gasteiger partial charge in [-0.05, 0) is 12.8 Å². The molecule has 8 nitrogen and oxygen atoms in total. The first-order valence-corrected chi connectivity index (χ1v) is 11.2. The van der Waals surface area contributed by atoms with E-state index in [1.54, 1.807) is 16.7 Å². The lowest BCUT2D eigenvalue weighted by Crippen LogP contribution is -3.10. The second-order valence-corrected chi connectivity index (χ2v) is 8.75. The van der Waals surface area contributed by atoms with E-state index in [2.05, 4.69) is 14.8 Å². The Hall–Kier alpha value is -1.32. The fourth-order valence-electron chi connectivity index (χ4n) is 4.35. The number of nitrogens with zero attached hydrogens (tertiary/aromatic N) is 5. The molecule has 0 aliphatic carbocycles. The molecule has 0 radical (unpaired) electrons. The number of quaternary nitrogens is 1. The molecule has 0 saturated carbocycles. The van der Waals surface area contributed by atoms with Crippen molar-refractivity contribution in [1.29, 1.82) is 0 Å². The van der Waals surface area contributed by atoms with Gasteiger partial charge >= 0.3 is 6.03 Å². The van der Waals surface area contributed by atoms with Crippen LogP contribution in [0.4, 0.5) is 4.79 Å². The van der Waals surface area contributed by atoms with E-state index in [9.17, 15) is 4.79 Å². The molecule has 1 aromatic heterocycles. The predicted molar refractivity (Wildman–Crippen MR) is 103 cm³/mol. The molecule has 150 valence electrons. The molecule has 4 rings (SSSR count). The van der Waals surface area contributed by atoms with Gasteiger partial charge in [-0.2, -0.15) is 0 Å². The van der Waals surface area contributed by atoms with Gasteiger partial charge in [0.25, 0.3) is 0 Å². The first-order chi connectivity index (χ1) is 13.2. The van der Waals surface area contributed by atoms with Crippen molar-refractivity contribution in [2.45, 2.75) is 36.9 Å². The highest BCUT2D eigenvalue weighted by Crippen LogP contribution is 2.33. The van der Waals surface area contributed by atoms with Crippen LogP contribution in [0.1, 0.15) is 37.5 Å². The molecule has 1 aromatic rings. The topological polar surface area (TPSA) is 67.9 Å². The number of ether oxygens (including phenoxy) is 1. The van der Waals surface area contributed by atoms with Gasteiger partial charge in [0, 0.05) is 39.5 Å². The number of likely N-dealkylation sites (tertiary alicyclic amines) is 2. The van der Waals surface area contributed by atoms with Crippen LogP contribution in [0.2, 0.25) is 0 Å². The van der Waals surface area contributed by atoms with Crippen LogP contribution >= 0.6 is 11.8 Å². The first-order valence-electron chi connectivity index (χ1n) is 10.2. The maximum Gasteiger partial charge on any atom is 0.320 e. The van der Waals surface area contributed by atoms with E-state index in [0.29, 0.717) is 26.3 Å². The van der Waals surface area contributed by atoms with Gasteiger partial charge in [-0.1, -0.05) is 11.8 Å². The van der Waals surface area contributed by atoms with E-state index in [4.69, 9.17) is 4.74 Å². The maximum atomic E-state index is 13.0. The van der Waals surface area contributed by atoms with Crippen LogP contribution in [0.15, 0.2) is 5.16 Å². The minimum absolute atomic E-state index is 0.0383. The van der Waals surface area contributed by atoms with E-state index in [-0.39, 0.29) is 12.1 Å². The molecule has 0 unspecified atom stereocenters. The maximum absolute atomic E-state index is 13.0. The van der Waals surface area contributed by atoms with Gasteiger partial charge in [-0.3, -0.25) is 0 Å². The summed E-state index contributed by atoms with van der Waals surface area (Å²) in [6.45, 7) is 7.24. The normalized spacial score (nSPS) is 24.1. The average Bonchev–Trinajstić information content (AvgIpc) is 3.44. The molecule has 1 atom stereocenters. The number of thioether (sulfide) groups is 1. The second-order valence-electron chi connectivity index (χ2n) is 7.69. The van der Waals surface area contributed by atoms with Gasteiger partial charge in [0.05, 0.1) is 44.6 Å². The van der Waals surface area contributed by atoms with Gasteiger partial charge < -0.3 is 24.0 Å². The van der Waals surface area contributed by atoms with Crippen LogP contribution in [-0.4, -0.2) is 88.8 Å². The smallest absolute Gasteiger partial charge is 0.320 e. The van der Waals surface area contributed by atoms with Crippen LogP contribution in [0.5, 0.6) is 0 Å². The van der Waals surface area contributed by atoms with Gasteiger partial charge in [0.15, 0.2) is 11.0 Å². The highest BCUT2D eigenvalue weighted by molar-refractivity contribution is 7.99. The number of rotatable bonds is 5. The molecule has 3 aliphatic rings. The van der Waals surface area contributed by atoms with Gasteiger partial charge in [-0.15, -0.1) is 10.2 Å². The molecule has 3 fully saturated rings. The number of morpholine rings is 1.